The van der Waals surface area contributed by atoms with Crippen LogP contribution in [0.2, 0.25) is 5.02 Å². The third-order valence-electron chi connectivity index (χ3n) is 3.30. The highest BCUT2D eigenvalue weighted by Crippen LogP contribution is 2.19. The molecule has 0 saturated heterocycles. The molecule has 0 heterocycles. The van der Waals surface area contributed by atoms with Crippen LogP contribution >= 0.6 is 11.6 Å². The lowest BCUT2D eigenvalue weighted by molar-refractivity contribution is -0.173. The fourth-order valence-corrected chi connectivity index (χ4v) is 2.28. The number of rotatable bonds is 5. The van der Waals surface area contributed by atoms with Crippen molar-refractivity contribution in [3.05, 3.63) is 64.7 Å². The summed E-state index contributed by atoms with van der Waals surface area (Å²) in [5, 5.41) is 4.84. The molecule has 2 aromatic carbocycles. The molecule has 0 fully saturated rings. The Balaban J connectivity index is 2.04. The molecule has 0 radical (unpaired) electrons. The van der Waals surface area contributed by atoms with Crippen molar-refractivity contribution in [3.63, 3.8) is 0 Å². The maximum atomic E-state index is 12.2. The van der Waals surface area contributed by atoms with E-state index in [1.54, 1.807) is 47.8 Å². The van der Waals surface area contributed by atoms with E-state index in [0.717, 1.165) is 0 Å². The number of nitrogens with one attached hydrogen (secondary N) is 2. The van der Waals surface area contributed by atoms with Gasteiger partial charge < -0.3 is 10.6 Å². The summed E-state index contributed by atoms with van der Waals surface area (Å²) >= 11 is 6.00. The van der Waals surface area contributed by atoms with Crippen LogP contribution in [0.1, 0.15) is 11.1 Å². The van der Waals surface area contributed by atoms with Crippen LogP contribution in [0, 0.1) is 0 Å². The number of anilines is 1. The van der Waals surface area contributed by atoms with E-state index in [1.807, 2.05) is 0 Å². The molecule has 0 aliphatic heterocycles. The number of carbonyl (C=O) groups excluding carboxylic acids is 2. The molecule has 0 bridgehead atoms. The van der Waals surface area contributed by atoms with E-state index < -0.39 is 12.1 Å². The Kier molecular flexibility index (Phi) is 6.03. The summed E-state index contributed by atoms with van der Waals surface area (Å²) in [6, 6.07) is 13.1. The van der Waals surface area contributed by atoms with Gasteiger partial charge in [0.2, 0.25) is 5.91 Å². The molecule has 2 N–H and O–H groups in total. The number of hydrogen-bond acceptors (Lipinski definition) is 2. The highest BCUT2D eigenvalue weighted by atomic mass is 35.5. The smallest absolute Gasteiger partial charge is 0.344 e. The minimum absolute atomic E-state index is 0.0168. The predicted octanol–water partition coefficient (Wildman–Crippen LogP) is 3.70. The summed E-state index contributed by atoms with van der Waals surface area (Å²) in [7, 11) is 0. The van der Waals surface area contributed by atoms with Gasteiger partial charge in [-0.1, -0.05) is 48.0 Å². The van der Waals surface area contributed by atoms with Crippen LogP contribution in [0.25, 0.3) is 0 Å². The van der Waals surface area contributed by atoms with Gasteiger partial charge in [-0.05, 0) is 23.3 Å². The molecule has 8 heteroatoms. The van der Waals surface area contributed by atoms with Crippen LogP contribution in [0.15, 0.2) is 48.5 Å². The summed E-state index contributed by atoms with van der Waals surface area (Å²) in [5.41, 5.74) is 1.30. The van der Waals surface area contributed by atoms with Crippen molar-refractivity contribution in [2.45, 2.75) is 19.1 Å². The van der Waals surface area contributed by atoms with Crippen LogP contribution in [0.5, 0.6) is 0 Å². The Morgan fingerprint density at radius 2 is 1.56 bits per heavy atom. The highest BCUT2D eigenvalue weighted by Gasteiger charge is 2.38. The number of para-hydroxylation sites is 1. The first-order valence-corrected chi connectivity index (χ1v) is 7.61. The third kappa shape index (κ3) is 5.49. The molecule has 0 unspecified atom stereocenters. The van der Waals surface area contributed by atoms with Gasteiger partial charge in [0, 0.05) is 17.3 Å². The Morgan fingerprint density at radius 1 is 0.960 bits per heavy atom. The number of halogens is 4. The van der Waals surface area contributed by atoms with Crippen LogP contribution in [-0.4, -0.2) is 18.0 Å². The standard InChI is InChI=1S/C17H14ClF3N2O2/c18-13-7-3-1-5-11(13)9-15(24)23-14-8-4-2-6-12(14)10-22-16(25)17(19,20)21/h1-8H,9-10H2,(H,22,25)(H,23,24). The van der Waals surface area contributed by atoms with Gasteiger partial charge in [0.15, 0.2) is 0 Å². The van der Waals surface area contributed by atoms with Crippen molar-refractivity contribution in [2.24, 2.45) is 0 Å². The number of carbonyl (C=O) groups is 2. The molecular formula is C17H14ClF3N2O2. The van der Waals surface area contributed by atoms with Crippen molar-refractivity contribution in [1.29, 1.82) is 0 Å². The van der Waals surface area contributed by atoms with Gasteiger partial charge in [-0.25, -0.2) is 0 Å². The number of alkyl halides is 3. The zero-order valence-corrected chi connectivity index (χ0v) is 13.6. The maximum Gasteiger partial charge on any atom is 0.471 e. The van der Waals surface area contributed by atoms with Crippen molar-refractivity contribution in [2.75, 3.05) is 5.32 Å². The first-order chi connectivity index (χ1) is 11.8. The van der Waals surface area contributed by atoms with E-state index in [1.165, 1.54) is 6.07 Å². The van der Waals surface area contributed by atoms with E-state index in [9.17, 15) is 22.8 Å². The van der Waals surface area contributed by atoms with Crippen LogP contribution < -0.4 is 10.6 Å². The molecule has 2 aromatic rings. The average molecular weight is 371 g/mol. The van der Waals surface area contributed by atoms with E-state index in [-0.39, 0.29) is 18.9 Å². The maximum absolute atomic E-state index is 12.2. The van der Waals surface area contributed by atoms with Crippen molar-refractivity contribution >= 4 is 29.1 Å². The predicted molar refractivity (Wildman–Crippen MR) is 88.1 cm³/mol. The molecule has 0 saturated carbocycles. The summed E-state index contributed by atoms with van der Waals surface area (Å²) in [6.45, 7) is -0.360. The number of hydrogen-bond donors (Lipinski definition) is 2. The summed E-state index contributed by atoms with van der Waals surface area (Å²) in [4.78, 5) is 23.1. The Morgan fingerprint density at radius 3 is 2.20 bits per heavy atom. The largest absolute Gasteiger partial charge is 0.471 e. The topological polar surface area (TPSA) is 58.2 Å². The van der Waals surface area contributed by atoms with Gasteiger partial charge in [-0.2, -0.15) is 13.2 Å². The van der Waals surface area contributed by atoms with Crippen LogP contribution in [0.4, 0.5) is 18.9 Å². The Hall–Kier alpha value is -2.54. The van der Waals surface area contributed by atoms with Gasteiger partial charge in [0.1, 0.15) is 0 Å². The van der Waals surface area contributed by atoms with Gasteiger partial charge in [-0.3, -0.25) is 9.59 Å². The fourth-order valence-electron chi connectivity index (χ4n) is 2.08. The lowest BCUT2D eigenvalue weighted by Gasteiger charge is -2.13. The molecule has 0 aliphatic rings. The molecular weight excluding hydrogens is 357 g/mol. The number of amides is 2. The highest BCUT2D eigenvalue weighted by molar-refractivity contribution is 6.31. The molecule has 0 atom stereocenters. The van der Waals surface area contributed by atoms with Crippen LogP contribution in [0.3, 0.4) is 0 Å². The van der Waals surface area contributed by atoms with E-state index in [2.05, 4.69) is 5.32 Å². The van der Waals surface area contributed by atoms with Crippen molar-refractivity contribution < 1.29 is 22.8 Å². The molecule has 2 amide bonds. The molecule has 2 rings (SSSR count). The quantitative estimate of drug-likeness (QED) is 0.843. The Labute approximate surface area is 147 Å². The van der Waals surface area contributed by atoms with Gasteiger partial charge >= 0.3 is 12.1 Å². The van der Waals surface area contributed by atoms with E-state index in [0.29, 0.717) is 21.8 Å². The van der Waals surface area contributed by atoms with Crippen molar-refractivity contribution in [3.8, 4) is 0 Å². The average Bonchev–Trinajstić information content (AvgIpc) is 2.55. The molecule has 0 aliphatic carbocycles. The van der Waals surface area contributed by atoms with Gasteiger partial charge in [-0.15, -0.1) is 0 Å². The lowest BCUT2D eigenvalue weighted by atomic mass is 10.1. The second-order valence-electron chi connectivity index (χ2n) is 5.15. The van der Waals surface area contributed by atoms with E-state index >= 15 is 0 Å². The third-order valence-corrected chi connectivity index (χ3v) is 3.67. The first-order valence-electron chi connectivity index (χ1n) is 7.23. The molecule has 25 heavy (non-hydrogen) atoms. The van der Waals surface area contributed by atoms with E-state index in [4.69, 9.17) is 11.6 Å². The van der Waals surface area contributed by atoms with Crippen LogP contribution in [-0.2, 0) is 22.6 Å². The fraction of sp³-hybridized carbons (Fsp3) is 0.176. The SMILES string of the molecule is O=C(Cc1ccccc1Cl)Nc1ccccc1CNC(=O)C(F)(F)F. The molecule has 0 spiro atoms. The first kappa shape index (κ1) is 18.8. The summed E-state index contributed by atoms with van der Waals surface area (Å²) in [6.07, 6.45) is -4.94. The molecule has 132 valence electrons. The monoisotopic (exact) mass is 370 g/mol. The number of benzene rings is 2. The normalized spacial score (nSPS) is 11.0. The second-order valence-corrected chi connectivity index (χ2v) is 5.56. The van der Waals surface area contributed by atoms with Gasteiger partial charge in [0.25, 0.3) is 0 Å². The molecule has 4 nitrogen and oxygen atoms in total. The lowest BCUT2D eigenvalue weighted by Crippen LogP contribution is -2.36. The van der Waals surface area contributed by atoms with Gasteiger partial charge in [0.05, 0.1) is 6.42 Å². The zero-order chi connectivity index (χ0) is 18.4. The molecule has 0 aromatic heterocycles. The van der Waals surface area contributed by atoms with Crippen molar-refractivity contribution in [1.82, 2.24) is 5.32 Å². The summed E-state index contributed by atoms with van der Waals surface area (Å²) in [5.74, 6) is -2.41. The zero-order valence-electron chi connectivity index (χ0n) is 12.9. The summed E-state index contributed by atoms with van der Waals surface area (Å²) < 4.78 is 36.7. The minimum Gasteiger partial charge on any atom is -0.344 e. The second kappa shape index (κ2) is 8.02. The Bertz CT molecular complexity index is 778. The minimum atomic E-state index is -4.96.